The van der Waals surface area contributed by atoms with Crippen molar-refractivity contribution < 1.29 is 13.2 Å². The van der Waals surface area contributed by atoms with E-state index in [1.54, 1.807) is 4.90 Å². The van der Waals surface area contributed by atoms with Gasteiger partial charge in [-0.05, 0) is 36.2 Å². The van der Waals surface area contributed by atoms with Gasteiger partial charge >= 0.3 is 0 Å². The highest BCUT2D eigenvalue weighted by Crippen LogP contribution is 2.25. The summed E-state index contributed by atoms with van der Waals surface area (Å²) in [5, 5.41) is 0.264. The summed E-state index contributed by atoms with van der Waals surface area (Å²) < 4.78 is 28.1. The van der Waals surface area contributed by atoms with Crippen LogP contribution in [0.2, 0.25) is 10.0 Å². The topological polar surface area (TPSA) is 66.5 Å². The Kier molecular flexibility index (Phi) is 7.73. The molecule has 0 spiro atoms. The van der Waals surface area contributed by atoms with Crippen LogP contribution in [0.3, 0.4) is 0 Å². The number of nitrogens with zero attached hydrogens (tertiary/aromatic N) is 1. The zero-order chi connectivity index (χ0) is 22.4. The monoisotopic (exact) mass is 476 g/mol. The van der Waals surface area contributed by atoms with Gasteiger partial charge in [-0.2, -0.15) is 4.72 Å². The van der Waals surface area contributed by atoms with Gasteiger partial charge in [-0.15, -0.1) is 0 Å². The molecule has 8 heteroatoms. The SMILES string of the molecule is C[C@@H](NS(=O)(=O)c1cc(Cl)ccc1Cl)C(=O)N(Cc1ccccc1)Cc1ccccc1. The number of carbonyl (C=O) groups excluding carboxylic acids is 1. The maximum Gasteiger partial charge on any atom is 0.242 e. The Bertz CT molecular complexity index is 1100. The molecule has 3 aromatic carbocycles. The van der Waals surface area contributed by atoms with Gasteiger partial charge in [0.2, 0.25) is 15.9 Å². The second-order valence-electron chi connectivity index (χ2n) is 7.08. The molecule has 3 aromatic rings. The van der Waals surface area contributed by atoms with Crippen LogP contribution in [-0.2, 0) is 27.9 Å². The van der Waals surface area contributed by atoms with Gasteiger partial charge in [0.25, 0.3) is 0 Å². The first kappa shape index (κ1) is 23.3. The molecule has 1 amide bonds. The average molecular weight is 477 g/mol. The summed E-state index contributed by atoms with van der Waals surface area (Å²) >= 11 is 12.0. The Morgan fingerprint density at radius 3 is 1.94 bits per heavy atom. The van der Waals surface area contributed by atoms with Gasteiger partial charge in [-0.1, -0.05) is 83.9 Å². The van der Waals surface area contributed by atoms with Crippen molar-refractivity contribution in [2.75, 3.05) is 0 Å². The van der Waals surface area contributed by atoms with E-state index in [1.165, 1.54) is 25.1 Å². The number of sulfonamides is 1. The summed E-state index contributed by atoms with van der Waals surface area (Å²) in [6, 6.07) is 22.2. The Hall–Kier alpha value is -2.38. The molecule has 162 valence electrons. The van der Waals surface area contributed by atoms with Gasteiger partial charge in [-0.3, -0.25) is 4.79 Å². The van der Waals surface area contributed by atoms with Crippen molar-refractivity contribution in [1.29, 1.82) is 0 Å². The molecule has 0 unspecified atom stereocenters. The van der Waals surface area contributed by atoms with Crippen LogP contribution in [0.4, 0.5) is 0 Å². The fraction of sp³-hybridized carbons (Fsp3) is 0.174. The van der Waals surface area contributed by atoms with E-state index in [0.717, 1.165) is 11.1 Å². The summed E-state index contributed by atoms with van der Waals surface area (Å²) in [5.74, 6) is -0.352. The number of amides is 1. The highest BCUT2D eigenvalue weighted by atomic mass is 35.5. The van der Waals surface area contributed by atoms with Crippen LogP contribution >= 0.6 is 23.2 Å². The third kappa shape index (κ3) is 6.31. The normalized spacial score (nSPS) is 12.4. The Morgan fingerprint density at radius 1 is 0.903 bits per heavy atom. The second kappa shape index (κ2) is 10.3. The van der Waals surface area contributed by atoms with Crippen molar-refractivity contribution in [3.8, 4) is 0 Å². The predicted octanol–water partition coefficient (Wildman–Crippen LogP) is 4.89. The summed E-state index contributed by atoms with van der Waals surface area (Å²) in [5.41, 5.74) is 1.89. The molecule has 0 saturated carbocycles. The van der Waals surface area contributed by atoms with Gasteiger partial charge in [0.15, 0.2) is 0 Å². The first-order chi connectivity index (χ1) is 14.8. The quantitative estimate of drug-likeness (QED) is 0.503. The van der Waals surface area contributed by atoms with E-state index < -0.39 is 16.1 Å². The summed E-state index contributed by atoms with van der Waals surface area (Å²) in [6.07, 6.45) is 0. The fourth-order valence-corrected chi connectivity index (χ4v) is 5.08. The van der Waals surface area contributed by atoms with E-state index in [9.17, 15) is 13.2 Å². The lowest BCUT2D eigenvalue weighted by molar-refractivity contribution is -0.133. The lowest BCUT2D eigenvalue weighted by Crippen LogP contribution is -2.46. The third-order valence-electron chi connectivity index (χ3n) is 4.63. The lowest BCUT2D eigenvalue weighted by atomic mass is 10.1. The molecule has 0 aliphatic carbocycles. The minimum atomic E-state index is -4.05. The van der Waals surface area contributed by atoms with Crippen LogP contribution in [0, 0.1) is 0 Å². The van der Waals surface area contributed by atoms with Crippen molar-refractivity contribution in [3.63, 3.8) is 0 Å². The second-order valence-corrected chi connectivity index (χ2v) is 9.61. The van der Waals surface area contributed by atoms with Crippen LogP contribution in [0.25, 0.3) is 0 Å². The minimum absolute atomic E-state index is 0.0296. The van der Waals surface area contributed by atoms with E-state index in [2.05, 4.69) is 4.72 Å². The van der Waals surface area contributed by atoms with Gasteiger partial charge in [0, 0.05) is 18.1 Å². The van der Waals surface area contributed by atoms with E-state index >= 15 is 0 Å². The number of benzene rings is 3. The molecule has 0 saturated heterocycles. The van der Waals surface area contributed by atoms with E-state index in [4.69, 9.17) is 23.2 Å². The zero-order valence-corrected chi connectivity index (χ0v) is 19.2. The lowest BCUT2D eigenvalue weighted by Gasteiger charge is -2.26. The summed E-state index contributed by atoms with van der Waals surface area (Å²) in [6.45, 7) is 2.21. The standard InChI is InChI=1S/C23H22Cl2N2O3S/c1-17(26-31(29,30)22-14-20(24)12-13-21(22)25)23(28)27(15-18-8-4-2-5-9-18)16-19-10-6-3-7-11-19/h2-14,17,26H,15-16H2,1H3/t17-/m1/s1. The molecule has 31 heavy (non-hydrogen) atoms. The molecule has 0 aliphatic rings. The Morgan fingerprint density at radius 2 is 1.42 bits per heavy atom. The number of hydrogen-bond donors (Lipinski definition) is 1. The van der Waals surface area contributed by atoms with Crippen LogP contribution in [0.15, 0.2) is 83.8 Å². The maximum atomic E-state index is 13.3. The number of carbonyl (C=O) groups is 1. The van der Waals surface area contributed by atoms with Crippen LogP contribution in [0.5, 0.6) is 0 Å². The number of halogens is 2. The molecule has 5 nitrogen and oxygen atoms in total. The molecule has 1 N–H and O–H groups in total. The van der Waals surface area contributed by atoms with Crippen molar-refractivity contribution >= 4 is 39.1 Å². The van der Waals surface area contributed by atoms with Crippen LogP contribution < -0.4 is 4.72 Å². The largest absolute Gasteiger partial charge is 0.333 e. The van der Waals surface area contributed by atoms with Crippen molar-refractivity contribution in [2.45, 2.75) is 31.0 Å². The molecule has 3 rings (SSSR count). The van der Waals surface area contributed by atoms with E-state index in [1.807, 2.05) is 60.7 Å². The molecular formula is C23H22Cl2N2O3S. The predicted molar refractivity (Wildman–Crippen MR) is 123 cm³/mol. The van der Waals surface area contributed by atoms with Crippen molar-refractivity contribution in [3.05, 3.63) is 100 Å². The van der Waals surface area contributed by atoms with Crippen molar-refractivity contribution in [2.24, 2.45) is 0 Å². The zero-order valence-electron chi connectivity index (χ0n) is 16.8. The van der Waals surface area contributed by atoms with Crippen LogP contribution in [0.1, 0.15) is 18.1 Å². The molecule has 0 heterocycles. The van der Waals surface area contributed by atoms with Gasteiger partial charge in [-0.25, -0.2) is 8.42 Å². The number of hydrogen-bond acceptors (Lipinski definition) is 3. The summed E-state index contributed by atoms with van der Waals surface area (Å²) in [7, 11) is -4.05. The molecular weight excluding hydrogens is 455 g/mol. The average Bonchev–Trinajstić information content (AvgIpc) is 2.75. The first-order valence-corrected chi connectivity index (χ1v) is 11.8. The fourth-order valence-electron chi connectivity index (χ4n) is 3.12. The highest BCUT2D eigenvalue weighted by molar-refractivity contribution is 7.89. The molecule has 0 bridgehead atoms. The van der Waals surface area contributed by atoms with Gasteiger partial charge in [0.05, 0.1) is 11.1 Å². The Balaban J connectivity index is 1.83. The van der Waals surface area contributed by atoms with Crippen molar-refractivity contribution in [1.82, 2.24) is 9.62 Å². The number of rotatable bonds is 8. The molecule has 0 aliphatic heterocycles. The van der Waals surface area contributed by atoms with Crippen LogP contribution in [-0.4, -0.2) is 25.3 Å². The van der Waals surface area contributed by atoms with E-state index in [0.29, 0.717) is 13.1 Å². The van der Waals surface area contributed by atoms with E-state index in [-0.39, 0.29) is 20.8 Å². The Labute approximate surface area is 192 Å². The third-order valence-corrected chi connectivity index (χ3v) is 6.89. The summed E-state index contributed by atoms with van der Waals surface area (Å²) in [4.78, 5) is 14.7. The highest BCUT2D eigenvalue weighted by Gasteiger charge is 2.27. The van der Waals surface area contributed by atoms with Gasteiger partial charge in [0.1, 0.15) is 4.90 Å². The maximum absolute atomic E-state index is 13.3. The molecule has 0 radical (unpaired) electrons. The smallest absolute Gasteiger partial charge is 0.242 e. The molecule has 0 aromatic heterocycles. The first-order valence-electron chi connectivity index (χ1n) is 9.60. The number of nitrogens with one attached hydrogen (secondary N) is 1. The van der Waals surface area contributed by atoms with Gasteiger partial charge < -0.3 is 4.90 Å². The molecule has 1 atom stereocenters. The minimum Gasteiger partial charge on any atom is -0.333 e. The molecule has 0 fully saturated rings.